The van der Waals surface area contributed by atoms with E-state index in [9.17, 15) is 0 Å². The Labute approximate surface area is 129 Å². The predicted octanol–water partition coefficient (Wildman–Crippen LogP) is 3.80. The second-order valence-corrected chi connectivity index (χ2v) is 6.45. The minimum atomic E-state index is 0.206. The van der Waals surface area contributed by atoms with Crippen LogP contribution in [0.1, 0.15) is 39.2 Å². The fraction of sp³-hybridized carbons (Fsp3) is 0.667. The molecule has 1 saturated carbocycles. The molecule has 1 N–H and O–H groups in total. The number of nitrogens with one attached hydrogen (secondary N) is 1. The zero-order chi connectivity index (χ0) is 15.4. The minimum absolute atomic E-state index is 0.206. The van der Waals surface area contributed by atoms with Gasteiger partial charge < -0.3 is 14.8 Å². The van der Waals surface area contributed by atoms with Crippen molar-refractivity contribution in [2.75, 3.05) is 13.7 Å². The standard InChI is InChI=1S/C18H29NO2/c1-6-19-15-10-13(3)9-14(4)18(15)21-16-8-7-12(2)11-17(16)20-5/h7-8,11,13-15,18-19H,6,9-10H2,1-5H3. The number of hydrogen-bond acceptors (Lipinski definition) is 3. The second-order valence-electron chi connectivity index (χ2n) is 6.45. The summed E-state index contributed by atoms with van der Waals surface area (Å²) in [5, 5.41) is 3.60. The molecule has 3 nitrogen and oxygen atoms in total. The lowest BCUT2D eigenvalue weighted by Crippen LogP contribution is -2.50. The lowest BCUT2D eigenvalue weighted by molar-refractivity contribution is 0.0463. The van der Waals surface area contributed by atoms with Gasteiger partial charge in [0.2, 0.25) is 0 Å². The van der Waals surface area contributed by atoms with Crippen molar-refractivity contribution in [2.45, 2.75) is 52.7 Å². The molecule has 118 valence electrons. The lowest BCUT2D eigenvalue weighted by atomic mass is 9.78. The number of likely N-dealkylation sites (N-methyl/N-ethyl adjacent to an activating group) is 1. The maximum atomic E-state index is 6.37. The monoisotopic (exact) mass is 291 g/mol. The van der Waals surface area contributed by atoms with Gasteiger partial charge in [-0.15, -0.1) is 0 Å². The fourth-order valence-electron chi connectivity index (χ4n) is 3.51. The predicted molar refractivity (Wildman–Crippen MR) is 87.2 cm³/mol. The van der Waals surface area contributed by atoms with E-state index in [0.29, 0.717) is 12.0 Å². The Balaban J connectivity index is 2.18. The molecule has 1 aliphatic carbocycles. The van der Waals surface area contributed by atoms with E-state index in [-0.39, 0.29) is 6.10 Å². The van der Waals surface area contributed by atoms with E-state index in [4.69, 9.17) is 9.47 Å². The van der Waals surface area contributed by atoms with Crippen molar-refractivity contribution < 1.29 is 9.47 Å². The Morgan fingerprint density at radius 1 is 1.19 bits per heavy atom. The summed E-state index contributed by atoms with van der Waals surface area (Å²) in [7, 11) is 1.70. The van der Waals surface area contributed by atoms with Gasteiger partial charge in [-0.3, -0.25) is 0 Å². The van der Waals surface area contributed by atoms with Crippen LogP contribution in [0.25, 0.3) is 0 Å². The van der Waals surface area contributed by atoms with Gasteiger partial charge in [0.1, 0.15) is 6.10 Å². The average molecular weight is 291 g/mol. The maximum Gasteiger partial charge on any atom is 0.161 e. The number of benzene rings is 1. The molecule has 4 unspecified atom stereocenters. The Morgan fingerprint density at radius 2 is 1.95 bits per heavy atom. The molecule has 1 aromatic carbocycles. The van der Waals surface area contributed by atoms with E-state index < -0.39 is 0 Å². The van der Waals surface area contributed by atoms with Crippen LogP contribution in [0.3, 0.4) is 0 Å². The fourth-order valence-corrected chi connectivity index (χ4v) is 3.51. The van der Waals surface area contributed by atoms with Crippen LogP contribution in [0.15, 0.2) is 18.2 Å². The van der Waals surface area contributed by atoms with Crippen molar-refractivity contribution in [3.05, 3.63) is 23.8 Å². The number of aryl methyl sites for hydroxylation is 1. The third-order valence-electron chi connectivity index (χ3n) is 4.44. The number of ether oxygens (including phenoxy) is 2. The van der Waals surface area contributed by atoms with E-state index in [1.807, 2.05) is 12.1 Å². The highest BCUT2D eigenvalue weighted by molar-refractivity contribution is 5.42. The molecule has 0 amide bonds. The van der Waals surface area contributed by atoms with Crippen LogP contribution in [0.2, 0.25) is 0 Å². The van der Waals surface area contributed by atoms with Gasteiger partial charge >= 0.3 is 0 Å². The number of rotatable bonds is 5. The first-order valence-corrected chi connectivity index (χ1v) is 8.09. The van der Waals surface area contributed by atoms with E-state index in [1.165, 1.54) is 18.4 Å². The molecule has 0 saturated heterocycles. The Bertz CT molecular complexity index is 461. The number of hydrogen-bond donors (Lipinski definition) is 1. The molecule has 21 heavy (non-hydrogen) atoms. The van der Waals surface area contributed by atoms with Crippen molar-refractivity contribution in [1.82, 2.24) is 5.32 Å². The van der Waals surface area contributed by atoms with E-state index >= 15 is 0 Å². The molecule has 1 aromatic rings. The van der Waals surface area contributed by atoms with Gasteiger partial charge in [-0.2, -0.15) is 0 Å². The molecule has 1 fully saturated rings. The van der Waals surface area contributed by atoms with Gasteiger partial charge in [0, 0.05) is 6.04 Å². The molecule has 0 aromatic heterocycles. The van der Waals surface area contributed by atoms with Crippen LogP contribution in [0.5, 0.6) is 11.5 Å². The normalized spacial score (nSPS) is 29.2. The van der Waals surface area contributed by atoms with Gasteiger partial charge in [0.25, 0.3) is 0 Å². The first-order valence-electron chi connectivity index (χ1n) is 8.09. The highest BCUT2D eigenvalue weighted by Gasteiger charge is 2.35. The zero-order valence-electron chi connectivity index (χ0n) is 14.0. The summed E-state index contributed by atoms with van der Waals surface area (Å²) >= 11 is 0. The van der Waals surface area contributed by atoms with E-state index in [2.05, 4.69) is 39.1 Å². The summed E-state index contributed by atoms with van der Waals surface area (Å²) in [5.41, 5.74) is 1.19. The summed E-state index contributed by atoms with van der Waals surface area (Å²) in [6, 6.07) is 6.56. The maximum absolute atomic E-state index is 6.37. The number of methoxy groups -OCH3 is 1. The van der Waals surface area contributed by atoms with Crippen molar-refractivity contribution in [2.24, 2.45) is 11.8 Å². The van der Waals surface area contributed by atoms with E-state index in [0.717, 1.165) is 24.0 Å². The summed E-state index contributed by atoms with van der Waals surface area (Å²) in [4.78, 5) is 0. The van der Waals surface area contributed by atoms with Gasteiger partial charge in [-0.05, 0) is 55.8 Å². The Morgan fingerprint density at radius 3 is 2.62 bits per heavy atom. The van der Waals surface area contributed by atoms with Gasteiger partial charge in [0.05, 0.1) is 7.11 Å². The molecule has 0 aliphatic heterocycles. The molecular formula is C18H29NO2. The van der Waals surface area contributed by atoms with Crippen molar-refractivity contribution in [1.29, 1.82) is 0 Å². The zero-order valence-corrected chi connectivity index (χ0v) is 14.0. The molecule has 0 radical (unpaired) electrons. The molecular weight excluding hydrogens is 262 g/mol. The Hall–Kier alpha value is -1.22. The topological polar surface area (TPSA) is 30.5 Å². The quantitative estimate of drug-likeness (QED) is 0.895. The lowest BCUT2D eigenvalue weighted by Gasteiger charge is -2.40. The van der Waals surface area contributed by atoms with Gasteiger partial charge in [-0.1, -0.05) is 26.8 Å². The highest BCUT2D eigenvalue weighted by atomic mass is 16.5. The van der Waals surface area contributed by atoms with Crippen LogP contribution in [0, 0.1) is 18.8 Å². The molecule has 1 aliphatic rings. The van der Waals surface area contributed by atoms with Crippen LogP contribution in [-0.2, 0) is 0 Å². The van der Waals surface area contributed by atoms with Crippen LogP contribution < -0.4 is 14.8 Å². The second kappa shape index (κ2) is 7.17. The molecule has 0 heterocycles. The highest BCUT2D eigenvalue weighted by Crippen LogP contribution is 2.35. The molecule has 2 rings (SSSR count). The first-order chi connectivity index (χ1) is 10.0. The molecule has 0 bridgehead atoms. The third kappa shape index (κ3) is 3.91. The summed E-state index contributed by atoms with van der Waals surface area (Å²) in [6.07, 6.45) is 2.61. The Kier molecular flexibility index (Phi) is 5.51. The van der Waals surface area contributed by atoms with Crippen molar-refractivity contribution >= 4 is 0 Å². The van der Waals surface area contributed by atoms with E-state index in [1.54, 1.807) is 7.11 Å². The third-order valence-corrected chi connectivity index (χ3v) is 4.44. The summed E-state index contributed by atoms with van der Waals surface area (Å²) in [5.74, 6) is 2.99. The SMILES string of the molecule is CCNC1CC(C)CC(C)C1Oc1ccc(C)cc1OC. The largest absolute Gasteiger partial charge is 0.493 e. The van der Waals surface area contributed by atoms with Crippen LogP contribution in [-0.4, -0.2) is 25.8 Å². The first kappa shape index (κ1) is 16.2. The minimum Gasteiger partial charge on any atom is -0.493 e. The molecule has 4 atom stereocenters. The van der Waals surface area contributed by atoms with Crippen molar-refractivity contribution in [3.8, 4) is 11.5 Å². The molecule has 3 heteroatoms. The average Bonchev–Trinajstić information content (AvgIpc) is 2.44. The summed E-state index contributed by atoms with van der Waals surface area (Å²) in [6.45, 7) is 9.84. The smallest absolute Gasteiger partial charge is 0.161 e. The van der Waals surface area contributed by atoms with Gasteiger partial charge in [0.15, 0.2) is 11.5 Å². The van der Waals surface area contributed by atoms with Crippen LogP contribution in [0.4, 0.5) is 0 Å². The van der Waals surface area contributed by atoms with Gasteiger partial charge in [-0.25, -0.2) is 0 Å². The molecule has 0 spiro atoms. The van der Waals surface area contributed by atoms with Crippen LogP contribution >= 0.6 is 0 Å². The summed E-state index contributed by atoms with van der Waals surface area (Å²) < 4.78 is 11.8. The van der Waals surface area contributed by atoms with Crippen molar-refractivity contribution in [3.63, 3.8) is 0 Å².